The molecule has 0 amide bonds. The van der Waals surface area contributed by atoms with E-state index in [1.165, 1.54) is 10.8 Å². The molecule has 1 N–H and O–H groups in total. The predicted octanol–water partition coefficient (Wildman–Crippen LogP) is 4.30. The summed E-state index contributed by atoms with van der Waals surface area (Å²) in [7, 11) is 0. The van der Waals surface area contributed by atoms with Gasteiger partial charge in [0.2, 0.25) is 5.88 Å². The number of nitrogens with zero attached hydrogens (tertiary/aromatic N) is 3. The average Bonchev–Trinajstić information content (AvgIpc) is 2.67. The SMILES string of the molecule is Cc1c(C=Nc2ccccc2Br)c(O)n(Cc2ccccc2)c(=O)c1C#N. The van der Waals surface area contributed by atoms with Crippen LogP contribution in [-0.4, -0.2) is 15.9 Å². The third-order valence-electron chi connectivity index (χ3n) is 4.22. The minimum Gasteiger partial charge on any atom is -0.494 e. The molecule has 3 aromatic rings. The van der Waals surface area contributed by atoms with Gasteiger partial charge >= 0.3 is 0 Å². The van der Waals surface area contributed by atoms with Gasteiger partial charge in [0.25, 0.3) is 5.56 Å². The molecule has 0 aliphatic heterocycles. The summed E-state index contributed by atoms with van der Waals surface area (Å²) < 4.78 is 2.00. The van der Waals surface area contributed by atoms with Crippen molar-refractivity contribution in [2.75, 3.05) is 0 Å². The summed E-state index contributed by atoms with van der Waals surface area (Å²) in [6.07, 6.45) is 1.48. The number of benzene rings is 2. The van der Waals surface area contributed by atoms with Gasteiger partial charge in [0.05, 0.1) is 17.8 Å². The minimum absolute atomic E-state index is 0.00249. The van der Waals surface area contributed by atoms with E-state index in [0.29, 0.717) is 16.8 Å². The molecule has 1 heterocycles. The number of nitriles is 1. The molecule has 0 atom stereocenters. The summed E-state index contributed by atoms with van der Waals surface area (Å²) in [6.45, 7) is 1.80. The van der Waals surface area contributed by atoms with Gasteiger partial charge in [-0.2, -0.15) is 5.26 Å². The number of hydrogen-bond acceptors (Lipinski definition) is 4. The third kappa shape index (κ3) is 3.83. The summed E-state index contributed by atoms with van der Waals surface area (Å²) in [6, 6.07) is 18.6. The Kier molecular flexibility index (Phi) is 5.53. The fraction of sp³-hybridized carbons (Fsp3) is 0.0952. The molecule has 0 bridgehead atoms. The molecule has 3 rings (SSSR count). The lowest BCUT2D eigenvalue weighted by molar-refractivity contribution is 0.413. The van der Waals surface area contributed by atoms with Crippen molar-refractivity contribution in [1.82, 2.24) is 4.57 Å². The third-order valence-corrected chi connectivity index (χ3v) is 4.89. The zero-order valence-corrected chi connectivity index (χ0v) is 16.1. The molecule has 0 radical (unpaired) electrons. The van der Waals surface area contributed by atoms with E-state index in [4.69, 9.17) is 0 Å². The molecule has 1 aromatic heterocycles. The second kappa shape index (κ2) is 8.02. The molecular formula is C21H16BrN3O2. The Balaban J connectivity index is 2.14. The van der Waals surface area contributed by atoms with E-state index in [2.05, 4.69) is 20.9 Å². The van der Waals surface area contributed by atoms with Gasteiger partial charge in [0.15, 0.2) is 0 Å². The number of para-hydroxylation sites is 1. The van der Waals surface area contributed by atoms with Crippen LogP contribution in [0, 0.1) is 18.3 Å². The van der Waals surface area contributed by atoms with Gasteiger partial charge in [-0.1, -0.05) is 42.5 Å². The maximum absolute atomic E-state index is 12.7. The lowest BCUT2D eigenvalue weighted by atomic mass is 10.1. The number of aromatic nitrogens is 1. The summed E-state index contributed by atoms with van der Waals surface area (Å²) in [5, 5.41) is 20.2. The first-order valence-corrected chi connectivity index (χ1v) is 9.01. The highest BCUT2D eigenvalue weighted by atomic mass is 79.9. The molecule has 0 unspecified atom stereocenters. The Morgan fingerprint density at radius 2 is 1.85 bits per heavy atom. The van der Waals surface area contributed by atoms with Crippen molar-refractivity contribution in [1.29, 1.82) is 5.26 Å². The number of aromatic hydroxyl groups is 1. The number of pyridine rings is 1. The van der Waals surface area contributed by atoms with Crippen LogP contribution >= 0.6 is 15.9 Å². The Morgan fingerprint density at radius 3 is 2.52 bits per heavy atom. The number of hydrogen-bond donors (Lipinski definition) is 1. The fourth-order valence-electron chi connectivity index (χ4n) is 2.73. The molecule has 27 heavy (non-hydrogen) atoms. The lowest BCUT2D eigenvalue weighted by Gasteiger charge is -2.14. The van der Waals surface area contributed by atoms with Gasteiger partial charge in [0.1, 0.15) is 11.6 Å². The Labute approximate surface area is 165 Å². The molecule has 134 valence electrons. The van der Waals surface area contributed by atoms with Crippen LogP contribution < -0.4 is 5.56 Å². The maximum atomic E-state index is 12.7. The topological polar surface area (TPSA) is 78.4 Å². The van der Waals surface area contributed by atoms with Crippen molar-refractivity contribution in [3.63, 3.8) is 0 Å². The van der Waals surface area contributed by atoms with Gasteiger partial charge in [0, 0.05) is 10.7 Å². The number of halogens is 1. The molecule has 5 nitrogen and oxygen atoms in total. The zero-order valence-electron chi connectivity index (χ0n) is 14.6. The Hall–Kier alpha value is -3.17. The molecular weight excluding hydrogens is 406 g/mol. The molecule has 6 heteroatoms. The van der Waals surface area contributed by atoms with Crippen LogP contribution in [-0.2, 0) is 6.54 Å². The van der Waals surface area contributed by atoms with Crippen LogP contribution in [0.4, 0.5) is 5.69 Å². The fourth-order valence-corrected chi connectivity index (χ4v) is 3.12. The van der Waals surface area contributed by atoms with Crippen LogP contribution in [0.25, 0.3) is 0 Å². The van der Waals surface area contributed by atoms with Crippen molar-refractivity contribution in [3.8, 4) is 11.9 Å². The van der Waals surface area contributed by atoms with Gasteiger partial charge in [-0.3, -0.25) is 14.4 Å². The number of aliphatic imine (C=N–C) groups is 1. The zero-order chi connectivity index (χ0) is 19.4. The highest BCUT2D eigenvalue weighted by Gasteiger charge is 2.18. The molecule has 0 saturated heterocycles. The molecule has 0 aliphatic carbocycles. The van der Waals surface area contributed by atoms with Crippen molar-refractivity contribution in [2.45, 2.75) is 13.5 Å². The van der Waals surface area contributed by atoms with Gasteiger partial charge in [-0.05, 0) is 46.1 Å². The summed E-state index contributed by atoms with van der Waals surface area (Å²) in [4.78, 5) is 17.0. The molecule has 0 spiro atoms. The van der Waals surface area contributed by atoms with E-state index < -0.39 is 5.56 Å². The lowest BCUT2D eigenvalue weighted by Crippen LogP contribution is -2.25. The predicted molar refractivity (Wildman–Crippen MR) is 109 cm³/mol. The Morgan fingerprint density at radius 1 is 1.19 bits per heavy atom. The normalized spacial score (nSPS) is 10.9. The van der Waals surface area contributed by atoms with Gasteiger partial charge in [-0.15, -0.1) is 0 Å². The molecule has 0 aliphatic rings. The van der Waals surface area contributed by atoms with Crippen LogP contribution in [0.3, 0.4) is 0 Å². The summed E-state index contributed by atoms with van der Waals surface area (Å²) in [5.41, 5.74) is 1.75. The second-order valence-electron chi connectivity index (χ2n) is 5.94. The van der Waals surface area contributed by atoms with Crippen LogP contribution in [0.1, 0.15) is 22.3 Å². The molecule has 0 saturated carbocycles. The van der Waals surface area contributed by atoms with Crippen molar-refractivity contribution in [2.24, 2.45) is 4.99 Å². The van der Waals surface area contributed by atoms with Crippen molar-refractivity contribution in [3.05, 3.63) is 91.7 Å². The maximum Gasteiger partial charge on any atom is 0.271 e. The van der Waals surface area contributed by atoms with Gasteiger partial charge in [-0.25, -0.2) is 0 Å². The van der Waals surface area contributed by atoms with E-state index in [-0.39, 0.29) is 18.0 Å². The summed E-state index contributed by atoms with van der Waals surface area (Å²) in [5.74, 6) is -0.212. The first kappa shape index (κ1) is 18.6. The van der Waals surface area contributed by atoms with E-state index >= 15 is 0 Å². The smallest absolute Gasteiger partial charge is 0.271 e. The monoisotopic (exact) mass is 421 g/mol. The first-order chi connectivity index (χ1) is 13.0. The minimum atomic E-state index is -0.519. The van der Waals surface area contributed by atoms with Crippen LogP contribution in [0.5, 0.6) is 5.88 Å². The molecule has 0 fully saturated rings. The van der Waals surface area contributed by atoms with E-state index in [1.807, 2.05) is 60.7 Å². The highest BCUT2D eigenvalue weighted by molar-refractivity contribution is 9.10. The van der Waals surface area contributed by atoms with Gasteiger partial charge < -0.3 is 5.11 Å². The van der Waals surface area contributed by atoms with Crippen molar-refractivity contribution < 1.29 is 5.11 Å². The van der Waals surface area contributed by atoms with E-state index in [0.717, 1.165) is 10.0 Å². The first-order valence-electron chi connectivity index (χ1n) is 8.22. The largest absolute Gasteiger partial charge is 0.494 e. The highest BCUT2D eigenvalue weighted by Crippen LogP contribution is 2.26. The summed E-state index contributed by atoms with van der Waals surface area (Å²) >= 11 is 3.42. The molecule has 2 aromatic carbocycles. The average molecular weight is 422 g/mol. The standard InChI is InChI=1S/C21H16BrN3O2/c1-14-16(11-23)20(26)25(13-15-7-3-2-4-8-15)21(27)17(14)12-24-19-10-6-5-9-18(19)22/h2-10,12,27H,13H2,1H3. The van der Waals surface area contributed by atoms with Crippen molar-refractivity contribution >= 4 is 27.8 Å². The van der Waals surface area contributed by atoms with E-state index in [1.54, 1.807) is 6.92 Å². The Bertz CT molecular complexity index is 1110. The van der Waals surface area contributed by atoms with Crippen LogP contribution in [0.15, 0.2) is 68.9 Å². The van der Waals surface area contributed by atoms with Crippen LogP contribution in [0.2, 0.25) is 0 Å². The number of rotatable bonds is 4. The van der Waals surface area contributed by atoms with E-state index in [9.17, 15) is 15.2 Å². The quantitative estimate of drug-likeness (QED) is 0.637. The second-order valence-corrected chi connectivity index (χ2v) is 6.79.